The highest BCUT2D eigenvalue weighted by Gasteiger charge is 2.36. The van der Waals surface area contributed by atoms with Gasteiger partial charge in [0.05, 0.1) is 0 Å². The van der Waals surface area contributed by atoms with Gasteiger partial charge in [-0.25, -0.2) is 0 Å². The number of benzene rings is 1. The van der Waals surface area contributed by atoms with Crippen molar-refractivity contribution in [2.45, 2.75) is 25.4 Å². The number of thiophene rings is 1. The van der Waals surface area contributed by atoms with E-state index in [2.05, 4.69) is 51.2 Å². The van der Waals surface area contributed by atoms with E-state index < -0.39 is 0 Å². The minimum Gasteiger partial charge on any atom is -0.311 e. The average Bonchev–Trinajstić information content (AvgIpc) is 3.16. The molecule has 3 nitrogen and oxygen atoms in total. The van der Waals surface area contributed by atoms with Gasteiger partial charge in [-0.2, -0.15) is 0 Å². The van der Waals surface area contributed by atoms with E-state index in [4.69, 9.17) is 0 Å². The van der Waals surface area contributed by atoms with Gasteiger partial charge in [0.2, 0.25) is 0 Å². The second-order valence-electron chi connectivity index (χ2n) is 7.52. The quantitative estimate of drug-likeness (QED) is 0.698. The molecule has 2 bridgehead atoms. The molecule has 26 heavy (non-hydrogen) atoms. The van der Waals surface area contributed by atoms with Gasteiger partial charge in [0.25, 0.3) is 5.56 Å². The van der Waals surface area contributed by atoms with Gasteiger partial charge >= 0.3 is 0 Å². The van der Waals surface area contributed by atoms with Gasteiger partial charge in [0.1, 0.15) is 0 Å². The molecule has 132 valence electrons. The summed E-state index contributed by atoms with van der Waals surface area (Å²) < 4.78 is 2.06. The first kappa shape index (κ1) is 16.0. The van der Waals surface area contributed by atoms with Gasteiger partial charge in [-0.15, -0.1) is 11.3 Å². The zero-order valence-electron chi connectivity index (χ0n) is 14.7. The highest BCUT2D eigenvalue weighted by Crippen LogP contribution is 2.40. The molecule has 0 aliphatic carbocycles. The van der Waals surface area contributed by atoms with Crippen molar-refractivity contribution >= 4 is 11.3 Å². The minimum atomic E-state index is 0.154. The summed E-state index contributed by atoms with van der Waals surface area (Å²) >= 11 is 1.84. The summed E-state index contributed by atoms with van der Waals surface area (Å²) in [6.45, 7) is 4.02. The van der Waals surface area contributed by atoms with E-state index in [0.717, 1.165) is 26.2 Å². The predicted molar refractivity (Wildman–Crippen MR) is 107 cm³/mol. The molecular weight excluding hydrogens is 340 g/mol. The molecular formula is C22H22N2OS. The van der Waals surface area contributed by atoms with Crippen molar-refractivity contribution in [3.05, 3.63) is 80.9 Å². The first-order chi connectivity index (χ1) is 12.8. The van der Waals surface area contributed by atoms with Crippen LogP contribution in [0.3, 0.4) is 0 Å². The Hall–Kier alpha value is -2.17. The molecule has 0 saturated carbocycles. The second-order valence-corrected chi connectivity index (χ2v) is 8.55. The third-order valence-corrected chi connectivity index (χ3v) is 6.57. The zero-order valence-corrected chi connectivity index (χ0v) is 15.5. The Bertz CT molecular complexity index is 962. The SMILES string of the molecule is O=c1ccc(-c2ccccc2)c2n1C[C@H]1C[C@H]2CN(Cc2cccs2)C1. The third kappa shape index (κ3) is 2.83. The molecule has 0 N–H and O–H groups in total. The fourth-order valence-corrected chi connectivity index (χ4v) is 5.47. The zero-order chi connectivity index (χ0) is 17.5. The first-order valence-corrected chi connectivity index (χ1v) is 10.2. The molecule has 0 spiro atoms. The summed E-state index contributed by atoms with van der Waals surface area (Å²) in [6.07, 6.45) is 1.20. The maximum Gasteiger partial charge on any atom is 0.250 e. The van der Waals surface area contributed by atoms with E-state index in [-0.39, 0.29) is 5.56 Å². The van der Waals surface area contributed by atoms with Crippen LogP contribution >= 0.6 is 11.3 Å². The summed E-state index contributed by atoms with van der Waals surface area (Å²) in [6, 6.07) is 18.6. The summed E-state index contributed by atoms with van der Waals surface area (Å²) in [7, 11) is 0. The predicted octanol–water partition coefficient (Wildman–Crippen LogP) is 4.20. The van der Waals surface area contributed by atoms with Crippen LogP contribution in [-0.2, 0) is 13.1 Å². The summed E-state index contributed by atoms with van der Waals surface area (Å²) in [4.78, 5) is 16.6. The van der Waals surface area contributed by atoms with Crippen molar-refractivity contribution in [3.63, 3.8) is 0 Å². The van der Waals surface area contributed by atoms with Crippen LogP contribution in [0.25, 0.3) is 11.1 Å². The van der Waals surface area contributed by atoms with Gasteiger partial charge < -0.3 is 4.57 Å². The minimum absolute atomic E-state index is 0.154. The molecule has 3 aromatic rings. The van der Waals surface area contributed by atoms with Crippen LogP contribution in [0.2, 0.25) is 0 Å². The third-order valence-electron chi connectivity index (χ3n) is 5.71. The van der Waals surface area contributed by atoms with Crippen molar-refractivity contribution < 1.29 is 0 Å². The van der Waals surface area contributed by atoms with Crippen LogP contribution in [0.4, 0.5) is 0 Å². The Labute approximate surface area is 157 Å². The van der Waals surface area contributed by atoms with Gasteiger partial charge in [0.15, 0.2) is 0 Å². The molecule has 2 aromatic heterocycles. The Morgan fingerprint density at radius 3 is 2.65 bits per heavy atom. The molecule has 2 aliphatic heterocycles. The number of likely N-dealkylation sites (tertiary alicyclic amines) is 1. The average molecular weight is 362 g/mol. The standard InChI is InChI=1S/C22H22N2OS/c25-21-9-8-20(17-5-2-1-3-6-17)22-18-11-16(13-24(21)22)12-23(14-18)15-19-7-4-10-26-19/h1-10,16,18H,11-15H2/t16-,18-/m0/s1. The Morgan fingerprint density at radius 1 is 0.962 bits per heavy atom. The van der Waals surface area contributed by atoms with Crippen molar-refractivity contribution in [1.29, 1.82) is 0 Å². The molecule has 1 fully saturated rings. The Balaban J connectivity index is 1.54. The fourth-order valence-electron chi connectivity index (χ4n) is 4.73. The van der Waals surface area contributed by atoms with Gasteiger partial charge in [-0.05, 0) is 35.4 Å². The normalized spacial score (nSPS) is 22.2. The monoisotopic (exact) mass is 362 g/mol. The lowest BCUT2D eigenvalue weighted by Crippen LogP contribution is -2.46. The van der Waals surface area contributed by atoms with Crippen LogP contribution in [0, 0.1) is 5.92 Å². The molecule has 0 radical (unpaired) electrons. The molecule has 1 saturated heterocycles. The van der Waals surface area contributed by atoms with Crippen LogP contribution in [0.15, 0.2) is 64.8 Å². The highest BCUT2D eigenvalue weighted by molar-refractivity contribution is 7.09. The molecule has 5 rings (SSSR count). The summed E-state index contributed by atoms with van der Waals surface area (Å²) in [5.74, 6) is 1.01. The van der Waals surface area contributed by atoms with E-state index in [9.17, 15) is 4.79 Å². The molecule has 4 heterocycles. The number of hydrogen-bond acceptors (Lipinski definition) is 3. The van der Waals surface area contributed by atoms with E-state index in [1.165, 1.54) is 28.1 Å². The fraction of sp³-hybridized carbons (Fsp3) is 0.318. The Kier molecular flexibility index (Phi) is 4.03. The molecule has 2 aliphatic rings. The van der Waals surface area contributed by atoms with Crippen LogP contribution in [0.1, 0.15) is 22.9 Å². The lowest BCUT2D eigenvalue weighted by molar-refractivity contribution is 0.115. The largest absolute Gasteiger partial charge is 0.311 e. The van der Waals surface area contributed by atoms with Crippen LogP contribution in [-0.4, -0.2) is 22.6 Å². The number of aromatic nitrogens is 1. The molecule has 4 heteroatoms. The van der Waals surface area contributed by atoms with E-state index in [1.54, 1.807) is 6.07 Å². The van der Waals surface area contributed by atoms with E-state index in [1.807, 2.05) is 23.5 Å². The smallest absolute Gasteiger partial charge is 0.250 e. The molecule has 2 atom stereocenters. The van der Waals surface area contributed by atoms with Crippen molar-refractivity contribution in [2.75, 3.05) is 13.1 Å². The number of hydrogen-bond donors (Lipinski definition) is 0. The van der Waals surface area contributed by atoms with Crippen molar-refractivity contribution in [3.8, 4) is 11.1 Å². The summed E-state index contributed by atoms with van der Waals surface area (Å²) in [5, 5.41) is 2.16. The Morgan fingerprint density at radius 2 is 1.85 bits per heavy atom. The first-order valence-electron chi connectivity index (χ1n) is 9.32. The van der Waals surface area contributed by atoms with Gasteiger partial charge in [0, 0.05) is 54.3 Å². The lowest BCUT2D eigenvalue weighted by Gasteiger charge is -2.43. The van der Waals surface area contributed by atoms with Crippen molar-refractivity contribution in [2.24, 2.45) is 5.92 Å². The van der Waals surface area contributed by atoms with Gasteiger partial charge in [-0.3, -0.25) is 9.69 Å². The number of pyridine rings is 1. The lowest BCUT2D eigenvalue weighted by atomic mass is 9.80. The molecule has 1 aromatic carbocycles. The van der Waals surface area contributed by atoms with E-state index >= 15 is 0 Å². The summed E-state index contributed by atoms with van der Waals surface area (Å²) in [5.41, 5.74) is 3.84. The maximum atomic E-state index is 12.6. The van der Waals surface area contributed by atoms with E-state index in [0.29, 0.717) is 11.8 Å². The number of nitrogens with zero attached hydrogens (tertiary/aromatic N) is 2. The number of fused-ring (bicyclic) bond motifs is 4. The van der Waals surface area contributed by atoms with Gasteiger partial charge in [-0.1, -0.05) is 36.4 Å². The molecule has 0 amide bonds. The second kappa shape index (κ2) is 6.53. The maximum absolute atomic E-state index is 12.6. The van der Waals surface area contributed by atoms with Crippen LogP contribution in [0.5, 0.6) is 0 Å². The van der Waals surface area contributed by atoms with Crippen LogP contribution < -0.4 is 5.56 Å². The van der Waals surface area contributed by atoms with Crippen molar-refractivity contribution in [1.82, 2.24) is 9.47 Å². The molecule has 0 unspecified atom stereocenters. The highest BCUT2D eigenvalue weighted by atomic mass is 32.1. The number of rotatable bonds is 3. The number of piperidine rings is 1. The topological polar surface area (TPSA) is 25.2 Å².